The van der Waals surface area contributed by atoms with Crippen molar-refractivity contribution in [1.29, 1.82) is 0 Å². The monoisotopic (exact) mass is 410 g/mol. The van der Waals surface area contributed by atoms with Crippen LogP contribution in [0, 0.1) is 0 Å². The molecule has 140 valence electrons. The van der Waals surface area contributed by atoms with Crippen LogP contribution in [0.25, 0.3) is 5.82 Å². The maximum Gasteiger partial charge on any atom is 0.293 e. The van der Waals surface area contributed by atoms with E-state index in [9.17, 15) is 4.79 Å². The number of methoxy groups -OCH3 is 1. The molecule has 0 radical (unpaired) electrons. The van der Waals surface area contributed by atoms with Gasteiger partial charge in [-0.2, -0.15) is 9.78 Å². The Morgan fingerprint density at radius 3 is 2.96 bits per heavy atom. The van der Waals surface area contributed by atoms with Crippen molar-refractivity contribution in [2.45, 2.75) is 6.61 Å². The number of ether oxygens (including phenoxy) is 1. The van der Waals surface area contributed by atoms with Gasteiger partial charge in [0.1, 0.15) is 5.69 Å². The molecule has 3 aromatic rings. The summed E-state index contributed by atoms with van der Waals surface area (Å²) in [4.78, 5) is 12.4. The number of carbonyl (C=O) groups is 1. The molecule has 11 nitrogen and oxygen atoms in total. The molecule has 0 saturated heterocycles. The van der Waals surface area contributed by atoms with E-state index in [1.165, 1.54) is 18.0 Å². The molecule has 0 aliphatic carbocycles. The van der Waals surface area contributed by atoms with E-state index in [1.807, 2.05) is 0 Å². The maximum absolute atomic E-state index is 12.4. The minimum atomic E-state index is -0.627. The van der Waals surface area contributed by atoms with Crippen molar-refractivity contribution < 1.29 is 14.2 Å². The molecule has 1 amide bonds. The normalized spacial score (nSPS) is 11.2. The van der Waals surface area contributed by atoms with Crippen LogP contribution in [0.15, 0.2) is 27.9 Å². The molecule has 0 aliphatic heterocycles. The van der Waals surface area contributed by atoms with Gasteiger partial charge in [0.2, 0.25) is 11.6 Å². The van der Waals surface area contributed by atoms with Crippen molar-refractivity contribution in [3.63, 3.8) is 0 Å². The molecule has 3 N–H and O–H groups in total. The van der Waals surface area contributed by atoms with Gasteiger partial charge in [0.05, 0.1) is 22.9 Å². The van der Waals surface area contributed by atoms with Crippen LogP contribution < -0.4 is 11.2 Å². The van der Waals surface area contributed by atoms with Gasteiger partial charge < -0.3 is 10.5 Å². The second-order valence-corrected chi connectivity index (χ2v) is 5.83. The Balaban J connectivity index is 1.82. The first-order valence-corrected chi connectivity index (χ1v) is 8.07. The van der Waals surface area contributed by atoms with Gasteiger partial charge in [-0.1, -0.05) is 40.5 Å². The number of hydrogen-bond acceptors (Lipinski definition) is 9. The van der Waals surface area contributed by atoms with Crippen LogP contribution in [0.3, 0.4) is 0 Å². The number of benzene rings is 1. The smallest absolute Gasteiger partial charge is 0.293 e. The lowest BCUT2D eigenvalue weighted by molar-refractivity contribution is 0.0944. The average molecular weight is 411 g/mol. The van der Waals surface area contributed by atoms with Crippen LogP contribution in [0.4, 0.5) is 5.82 Å². The first-order valence-electron chi connectivity index (χ1n) is 7.32. The van der Waals surface area contributed by atoms with Gasteiger partial charge in [0.25, 0.3) is 5.91 Å². The molecule has 1 aromatic carbocycles. The van der Waals surface area contributed by atoms with Crippen molar-refractivity contribution in [3.8, 4) is 5.82 Å². The zero-order valence-electron chi connectivity index (χ0n) is 13.8. The second kappa shape index (κ2) is 8.12. The Morgan fingerprint density at radius 2 is 2.26 bits per heavy atom. The maximum atomic E-state index is 12.4. The molecule has 0 atom stereocenters. The summed E-state index contributed by atoms with van der Waals surface area (Å²) >= 11 is 12.0. The number of nitrogens with zero attached hydrogens (tertiary/aromatic N) is 6. The molecular weight excluding hydrogens is 399 g/mol. The van der Waals surface area contributed by atoms with Crippen molar-refractivity contribution in [2.24, 2.45) is 5.10 Å². The highest BCUT2D eigenvalue weighted by Crippen LogP contribution is 2.24. The molecule has 0 fully saturated rings. The zero-order valence-corrected chi connectivity index (χ0v) is 15.3. The lowest BCUT2D eigenvalue weighted by Gasteiger charge is -2.04. The Bertz CT molecular complexity index is 1000. The van der Waals surface area contributed by atoms with E-state index in [4.69, 9.17) is 33.7 Å². The van der Waals surface area contributed by atoms with Gasteiger partial charge in [-0.05, 0) is 16.4 Å². The van der Waals surface area contributed by atoms with Crippen LogP contribution in [0.1, 0.15) is 21.7 Å². The molecule has 13 heteroatoms. The third kappa shape index (κ3) is 3.89. The van der Waals surface area contributed by atoms with Gasteiger partial charge >= 0.3 is 0 Å². The highest BCUT2D eigenvalue weighted by molar-refractivity contribution is 6.43. The minimum absolute atomic E-state index is 0.00584. The SMILES string of the molecule is COCc1c(C(=O)N/N=C/c2cccc(Cl)c2Cl)nnn1-c1nonc1N. The fraction of sp³-hybridized carbons (Fsp3) is 0.143. The van der Waals surface area contributed by atoms with Gasteiger partial charge in [0, 0.05) is 12.7 Å². The number of nitrogens with two attached hydrogens (primary N) is 1. The summed E-state index contributed by atoms with van der Waals surface area (Å²) in [5, 5.41) is 19.3. The number of nitrogen functional groups attached to an aromatic ring is 1. The summed E-state index contributed by atoms with van der Waals surface area (Å²) in [7, 11) is 1.45. The third-order valence-corrected chi connectivity index (χ3v) is 4.14. The molecule has 0 spiro atoms. The van der Waals surface area contributed by atoms with Crippen molar-refractivity contribution in [2.75, 3.05) is 12.8 Å². The first-order chi connectivity index (χ1) is 13.0. The molecule has 27 heavy (non-hydrogen) atoms. The van der Waals surface area contributed by atoms with E-state index in [-0.39, 0.29) is 29.6 Å². The largest absolute Gasteiger partial charge is 0.378 e. The Morgan fingerprint density at radius 1 is 1.44 bits per heavy atom. The Kier molecular flexibility index (Phi) is 5.64. The van der Waals surface area contributed by atoms with Gasteiger partial charge in [-0.25, -0.2) is 10.1 Å². The van der Waals surface area contributed by atoms with Crippen LogP contribution in [0.5, 0.6) is 0 Å². The number of rotatable bonds is 6. The number of hydrogen-bond donors (Lipinski definition) is 2. The fourth-order valence-electron chi connectivity index (χ4n) is 2.09. The number of amides is 1. The Hall–Kier alpha value is -3.02. The number of aromatic nitrogens is 5. The van der Waals surface area contributed by atoms with Crippen LogP contribution in [-0.4, -0.2) is 44.5 Å². The van der Waals surface area contributed by atoms with E-state index >= 15 is 0 Å². The fourth-order valence-corrected chi connectivity index (χ4v) is 2.44. The summed E-state index contributed by atoms with van der Waals surface area (Å²) in [5.74, 6) is -0.557. The minimum Gasteiger partial charge on any atom is -0.378 e. The van der Waals surface area contributed by atoms with Crippen LogP contribution >= 0.6 is 23.2 Å². The lowest BCUT2D eigenvalue weighted by atomic mass is 10.2. The molecule has 0 saturated carbocycles. The summed E-state index contributed by atoms with van der Waals surface area (Å²) in [6.07, 6.45) is 1.35. The van der Waals surface area contributed by atoms with Crippen LogP contribution in [0.2, 0.25) is 10.0 Å². The second-order valence-electron chi connectivity index (χ2n) is 5.04. The lowest BCUT2D eigenvalue weighted by Crippen LogP contribution is -2.20. The van der Waals surface area contributed by atoms with Gasteiger partial charge in [-0.3, -0.25) is 4.79 Å². The predicted octanol–water partition coefficient (Wildman–Crippen LogP) is 1.45. The Labute approximate surface area is 162 Å². The highest BCUT2D eigenvalue weighted by Gasteiger charge is 2.23. The average Bonchev–Trinajstić information content (AvgIpc) is 3.25. The molecule has 2 heterocycles. The molecule has 2 aromatic heterocycles. The van der Waals surface area contributed by atoms with Crippen molar-refractivity contribution >= 4 is 41.1 Å². The van der Waals surface area contributed by atoms with Gasteiger partial charge in [-0.15, -0.1) is 5.10 Å². The summed E-state index contributed by atoms with van der Waals surface area (Å²) < 4.78 is 10.8. The van der Waals surface area contributed by atoms with Gasteiger partial charge in [0.15, 0.2) is 5.69 Å². The van der Waals surface area contributed by atoms with E-state index in [2.05, 4.69) is 35.8 Å². The number of anilines is 1. The highest BCUT2D eigenvalue weighted by atomic mass is 35.5. The summed E-state index contributed by atoms with van der Waals surface area (Å²) in [6.45, 7) is 0.00584. The topological polar surface area (TPSA) is 146 Å². The molecule has 3 rings (SSSR count). The van der Waals surface area contributed by atoms with E-state index in [0.29, 0.717) is 15.6 Å². The van der Waals surface area contributed by atoms with E-state index in [1.54, 1.807) is 18.2 Å². The predicted molar refractivity (Wildman–Crippen MR) is 95.9 cm³/mol. The standard InChI is InChI=1S/C14H12Cl2N8O3/c1-26-6-9-11(19-23-24(9)13-12(17)21-27-22-13)14(25)20-18-5-7-3-2-4-8(15)10(7)16/h2-5H,6H2,1H3,(H2,17,21)(H,20,25)/b18-5+. The van der Waals surface area contributed by atoms with Crippen LogP contribution in [-0.2, 0) is 11.3 Å². The van der Waals surface area contributed by atoms with E-state index < -0.39 is 5.91 Å². The third-order valence-electron chi connectivity index (χ3n) is 3.31. The first kappa shape index (κ1) is 18.8. The summed E-state index contributed by atoms with van der Waals surface area (Å²) in [6, 6.07) is 5.03. The molecule has 0 aliphatic rings. The number of hydrazone groups is 1. The number of carbonyl (C=O) groups excluding carboxylic acids is 1. The zero-order chi connectivity index (χ0) is 19.4. The molecular formula is C14H12Cl2N8O3. The van der Waals surface area contributed by atoms with Crippen molar-refractivity contribution in [1.82, 2.24) is 30.7 Å². The van der Waals surface area contributed by atoms with Crippen molar-refractivity contribution in [3.05, 3.63) is 45.2 Å². The number of halogens is 2. The molecule has 0 unspecified atom stereocenters. The number of nitrogens with one attached hydrogen (secondary N) is 1. The molecule has 0 bridgehead atoms. The quantitative estimate of drug-likeness (QED) is 0.458. The van der Waals surface area contributed by atoms with E-state index in [0.717, 1.165) is 0 Å². The summed E-state index contributed by atoms with van der Waals surface area (Å²) in [5.41, 5.74) is 8.77.